The van der Waals surface area contributed by atoms with Crippen molar-refractivity contribution in [3.8, 4) is 27.8 Å². The van der Waals surface area contributed by atoms with E-state index in [0.717, 1.165) is 27.6 Å². The number of aryl methyl sites for hydroxylation is 2. The van der Waals surface area contributed by atoms with E-state index >= 15 is 0 Å². The Labute approximate surface area is 195 Å². The average molecular weight is 465 g/mol. The predicted molar refractivity (Wildman–Crippen MR) is 129 cm³/mol. The molecule has 2 aromatic heterocycles. The van der Waals surface area contributed by atoms with Crippen molar-refractivity contribution in [2.24, 2.45) is 0 Å². The van der Waals surface area contributed by atoms with Crippen LogP contribution in [0.4, 0.5) is 11.5 Å². The summed E-state index contributed by atoms with van der Waals surface area (Å²) in [5.41, 5.74) is 3.79. The fraction of sp³-hybridized carbons (Fsp3) is 0.208. The number of benzene rings is 2. The van der Waals surface area contributed by atoms with E-state index in [1.807, 2.05) is 43.5 Å². The summed E-state index contributed by atoms with van der Waals surface area (Å²) in [5.74, 6) is 0.641. The molecule has 0 radical (unpaired) electrons. The molecule has 0 fully saturated rings. The maximum absolute atomic E-state index is 12.0. The Bertz CT molecular complexity index is 1310. The highest BCUT2D eigenvalue weighted by atomic mass is 32.1. The van der Waals surface area contributed by atoms with Crippen LogP contribution in [0.15, 0.2) is 47.8 Å². The first-order valence-corrected chi connectivity index (χ1v) is 11.2. The van der Waals surface area contributed by atoms with Crippen LogP contribution in [-0.4, -0.2) is 40.1 Å². The zero-order chi connectivity index (χ0) is 23.5. The first-order valence-electron chi connectivity index (χ1n) is 10.3. The standard InChI is InChI=1S/C24H24N4O4S/c1-5-17-21(23-25-14(2)13-33-23)22(28(27-17)19-8-6-7-9-20(19)32-4)26-18-11-10-15(31-3)12-16(18)24(29)30/h6-13,26H,5H2,1-4H3,(H,29,30). The van der Waals surface area contributed by atoms with Gasteiger partial charge in [0.15, 0.2) is 0 Å². The molecule has 2 heterocycles. The van der Waals surface area contributed by atoms with Crippen LogP contribution in [0.2, 0.25) is 0 Å². The number of methoxy groups -OCH3 is 2. The highest BCUT2D eigenvalue weighted by Gasteiger charge is 2.25. The summed E-state index contributed by atoms with van der Waals surface area (Å²) in [6.07, 6.45) is 0.666. The highest BCUT2D eigenvalue weighted by Crippen LogP contribution is 2.39. The molecule has 9 heteroatoms. The van der Waals surface area contributed by atoms with Crippen molar-refractivity contribution >= 4 is 28.8 Å². The summed E-state index contributed by atoms with van der Waals surface area (Å²) in [7, 11) is 3.11. The third kappa shape index (κ3) is 4.27. The summed E-state index contributed by atoms with van der Waals surface area (Å²) in [5, 5.41) is 20.8. The molecule has 4 rings (SSSR count). The molecule has 170 valence electrons. The Morgan fingerprint density at radius 3 is 2.61 bits per heavy atom. The van der Waals surface area contributed by atoms with Gasteiger partial charge in [0.05, 0.1) is 36.7 Å². The molecule has 33 heavy (non-hydrogen) atoms. The minimum absolute atomic E-state index is 0.0847. The Morgan fingerprint density at radius 2 is 1.97 bits per heavy atom. The summed E-state index contributed by atoms with van der Waals surface area (Å²) in [4.78, 5) is 16.7. The van der Waals surface area contributed by atoms with Gasteiger partial charge in [-0.1, -0.05) is 19.1 Å². The number of hydrogen-bond donors (Lipinski definition) is 2. The molecule has 2 aromatic carbocycles. The monoisotopic (exact) mass is 464 g/mol. The number of nitrogens with one attached hydrogen (secondary N) is 1. The summed E-state index contributed by atoms with van der Waals surface area (Å²) < 4.78 is 12.5. The Morgan fingerprint density at radius 1 is 1.18 bits per heavy atom. The lowest BCUT2D eigenvalue weighted by atomic mass is 10.1. The van der Waals surface area contributed by atoms with E-state index in [1.54, 1.807) is 23.9 Å². The predicted octanol–water partition coefficient (Wildman–Crippen LogP) is 5.33. The SMILES string of the molecule is CCc1nn(-c2ccccc2OC)c(Nc2ccc(OC)cc2C(=O)O)c1-c1nc(C)cs1. The lowest BCUT2D eigenvalue weighted by Crippen LogP contribution is -2.08. The normalized spacial score (nSPS) is 10.8. The van der Waals surface area contributed by atoms with Crippen LogP contribution < -0.4 is 14.8 Å². The lowest BCUT2D eigenvalue weighted by Gasteiger charge is -2.16. The molecule has 0 atom stereocenters. The lowest BCUT2D eigenvalue weighted by molar-refractivity contribution is 0.0697. The van der Waals surface area contributed by atoms with Crippen molar-refractivity contribution < 1.29 is 19.4 Å². The van der Waals surface area contributed by atoms with Crippen LogP contribution in [0.5, 0.6) is 11.5 Å². The minimum Gasteiger partial charge on any atom is -0.497 e. The van der Waals surface area contributed by atoms with Gasteiger partial charge >= 0.3 is 5.97 Å². The molecular formula is C24H24N4O4S. The van der Waals surface area contributed by atoms with Gasteiger partial charge in [0.1, 0.15) is 28.0 Å². The van der Waals surface area contributed by atoms with Crippen molar-refractivity contribution in [2.75, 3.05) is 19.5 Å². The quantitative estimate of drug-likeness (QED) is 0.364. The van der Waals surface area contributed by atoms with Crippen LogP contribution in [0, 0.1) is 6.92 Å². The van der Waals surface area contributed by atoms with Crippen molar-refractivity contribution in [1.82, 2.24) is 14.8 Å². The Balaban J connectivity index is 1.98. The van der Waals surface area contributed by atoms with E-state index < -0.39 is 5.97 Å². The van der Waals surface area contributed by atoms with Gasteiger partial charge < -0.3 is 19.9 Å². The molecule has 0 saturated heterocycles. The summed E-state index contributed by atoms with van der Waals surface area (Å²) >= 11 is 1.52. The van der Waals surface area contributed by atoms with Crippen molar-refractivity contribution in [1.29, 1.82) is 0 Å². The van der Waals surface area contributed by atoms with Gasteiger partial charge in [0.25, 0.3) is 0 Å². The van der Waals surface area contributed by atoms with E-state index in [0.29, 0.717) is 29.4 Å². The van der Waals surface area contributed by atoms with E-state index in [-0.39, 0.29) is 5.56 Å². The van der Waals surface area contributed by atoms with E-state index in [1.165, 1.54) is 24.5 Å². The van der Waals surface area contributed by atoms with E-state index in [4.69, 9.17) is 14.6 Å². The first-order chi connectivity index (χ1) is 16.0. The number of thiazole rings is 1. The van der Waals surface area contributed by atoms with Crippen LogP contribution in [-0.2, 0) is 6.42 Å². The highest BCUT2D eigenvalue weighted by molar-refractivity contribution is 7.13. The van der Waals surface area contributed by atoms with E-state index in [2.05, 4.69) is 10.3 Å². The fourth-order valence-corrected chi connectivity index (χ4v) is 4.43. The molecule has 0 spiro atoms. The van der Waals surface area contributed by atoms with E-state index in [9.17, 15) is 9.90 Å². The molecule has 2 N–H and O–H groups in total. The molecule has 4 aromatic rings. The topological polar surface area (TPSA) is 98.5 Å². The van der Waals surface area contributed by atoms with Crippen molar-refractivity contribution in [3.05, 3.63) is 64.8 Å². The van der Waals surface area contributed by atoms with Gasteiger partial charge in [-0.3, -0.25) is 0 Å². The number of nitrogens with zero attached hydrogens (tertiary/aromatic N) is 3. The molecule has 0 saturated carbocycles. The van der Waals surface area contributed by atoms with Gasteiger partial charge in [-0.2, -0.15) is 5.10 Å². The molecule has 0 aliphatic rings. The number of rotatable bonds is 8. The van der Waals surface area contributed by atoms with Crippen molar-refractivity contribution in [2.45, 2.75) is 20.3 Å². The smallest absolute Gasteiger partial charge is 0.337 e. The van der Waals surface area contributed by atoms with Crippen LogP contribution in [0.3, 0.4) is 0 Å². The molecule has 0 unspecified atom stereocenters. The van der Waals surface area contributed by atoms with Gasteiger partial charge in [0, 0.05) is 11.1 Å². The number of anilines is 2. The Kier molecular flexibility index (Phi) is 6.32. The van der Waals surface area contributed by atoms with Gasteiger partial charge in [-0.15, -0.1) is 11.3 Å². The summed E-state index contributed by atoms with van der Waals surface area (Å²) in [6.45, 7) is 3.97. The average Bonchev–Trinajstić information content (AvgIpc) is 3.41. The van der Waals surface area contributed by atoms with Crippen LogP contribution >= 0.6 is 11.3 Å². The van der Waals surface area contributed by atoms with Crippen LogP contribution in [0.25, 0.3) is 16.3 Å². The van der Waals surface area contributed by atoms with Gasteiger partial charge in [-0.05, 0) is 43.7 Å². The zero-order valence-corrected chi connectivity index (χ0v) is 19.6. The third-order valence-corrected chi connectivity index (χ3v) is 6.13. The number of aromatic carboxylic acids is 1. The molecule has 8 nitrogen and oxygen atoms in total. The van der Waals surface area contributed by atoms with Gasteiger partial charge in [-0.25, -0.2) is 14.5 Å². The minimum atomic E-state index is -1.07. The number of para-hydroxylation sites is 2. The maximum atomic E-state index is 12.0. The zero-order valence-electron chi connectivity index (χ0n) is 18.7. The third-order valence-electron chi connectivity index (χ3n) is 5.15. The molecular weight excluding hydrogens is 440 g/mol. The fourth-order valence-electron chi connectivity index (χ4n) is 3.56. The van der Waals surface area contributed by atoms with Crippen molar-refractivity contribution in [3.63, 3.8) is 0 Å². The number of hydrogen-bond acceptors (Lipinski definition) is 7. The number of ether oxygens (including phenoxy) is 2. The Hall–Kier alpha value is -3.85. The van der Waals surface area contributed by atoms with Crippen LogP contribution in [0.1, 0.15) is 28.7 Å². The maximum Gasteiger partial charge on any atom is 0.337 e. The molecule has 0 bridgehead atoms. The second kappa shape index (κ2) is 9.33. The molecule has 0 aliphatic carbocycles. The largest absolute Gasteiger partial charge is 0.497 e. The number of carboxylic acid groups (broad SMARTS) is 1. The molecule has 0 amide bonds. The number of aromatic nitrogens is 3. The molecule has 0 aliphatic heterocycles. The van der Waals surface area contributed by atoms with Gasteiger partial charge in [0.2, 0.25) is 0 Å². The summed E-state index contributed by atoms with van der Waals surface area (Å²) in [6, 6.07) is 12.4. The number of carbonyl (C=O) groups is 1. The number of carboxylic acids is 1. The first kappa shape index (κ1) is 22.3. The second-order valence-corrected chi connectivity index (χ2v) is 8.10. The second-order valence-electron chi connectivity index (χ2n) is 7.24.